The Balaban J connectivity index is 1.17. The molecule has 0 unspecified atom stereocenters. The zero-order valence-electron chi connectivity index (χ0n) is 32.6. The van der Waals surface area contributed by atoms with Crippen LogP contribution in [0.5, 0.6) is 11.8 Å². The Hall–Kier alpha value is -4.56. The van der Waals surface area contributed by atoms with Crippen LogP contribution in [0.2, 0.25) is 0 Å². The van der Waals surface area contributed by atoms with Crippen LogP contribution in [0.4, 0.5) is 26.1 Å². The molecule has 4 aliphatic heterocycles. The Morgan fingerprint density at radius 3 is 2.71 bits per heavy atom. The van der Waals surface area contributed by atoms with E-state index in [1.807, 2.05) is 43.7 Å². The fourth-order valence-electron chi connectivity index (χ4n) is 9.13. The van der Waals surface area contributed by atoms with Crippen molar-refractivity contribution in [3.05, 3.63) is 58.7 Å². The second kappa shape index (κ2) is 15.2. The van der Waals surface area contributed by atoms with Crippen LogP contribution in [0.25, 0.3) is 10.8 Å². The predicted molar refractivity (Wildman–Crippen MR) is 207 cm³/mol. The van der Waals surface area contributed by atoms with E-state index >= 15 is 4.39 Å². The number of ether oxygens (including phenoxy) is 3. The molecule has 55 heavy (non-hydrogen) atoms. The predicted octanol–water partition coefficient (Wildman–Crippen LogP) is 6.06. The summed E-state index contributed by atoms with van der Waals surface area (Å²) in [6, 6.07) is 9.52. The maximum atomic E-state index is 15.3. The largest absolute Gasteiger partial charge is 0.467 e. The van der Waals surface area contributed by atoms with E-state index in [1.54, 1.807) is 25.1 Å². The molecule has 2 aromatic carbocycles. The Bertz CT molecular complexity index is 2080. The summed E-state index contributed by atoms with van der Waals surface area (Å²) in [6.45, 7) is 10.6. The number of aryl methyl sites for hydroxylation is 2. The van der Waals surface area contributed by atoms with E-state index in [4.69, 9.17) is 29.3 Å². The van der Waals surface area contributed by atoms with Crippen LogP contribution in [-0.2, 0) is 42.0 Å². The number of hydrogen-bond donors (Lipinski definition) is 0. The van der Waals surface area contributed by atoms with Gasteiger partial charge < -0.3 is 24.0 Å². The summed E-state index contributed by atoms with van der Waals surface area (Å²) < 4.78 is 49.8. The van der Waals surface area contributed by atoms with Crippen molar-refractivity contribution in [2.24, 2.45) is 5.92 Å². The second-order valence-electron chi connectivity index (χ2n) is 15.8. The van der Waals surface area contributed by atoms with Crippen LogP contribution in [0.3, 0.4) is 0 Å². The first-order valence-electron chi connectivity index (χ1n) is 19.7. The summed E-state index contributed by atoms with van der Waals surface area (Å²) in [5.74, 6) is 1.73. The van der Waals surface area contributed by atoms with Gasteiger partial charge in [-0.15, -0.1) is 0 Å². The third-order valence-electron chi connectivity index (χ3n) is 11.9. The molecule has 6 heterocycles. The zero-order chi connectivity index (χ0) is 38.4. The molecule has 14 heteroatoms. The average molecular weight is 759 g/mol. The van der Waals surface area contributed by atoms with Gasteiger partial charge in [0, 0.05) is 81.4 Å². The molecule has 2 atom stereocenters. The zero-order valence-corrected chi connectivity index (χ0v) is 32.6. The van der Waals surface area contributed by atoms with Crippen molar-refractivity contribution >= 4 is 34.0 Å². The molecule has 8 rings (SSSR count). The molecule has 2 aromatic heterocycles. The van der Waals surface area contributed by atoms with E-state index in [0.29, 0.717) is 75.7 Å². The molecule has 4 aliphatic rings. The highest BCUT2D eigenvalue weighted by atomic mass is 19.1. The van der Waals surface area contributed by atoms with E-state index in [1.165, 1.54) is 6.07 Å². The molecule has 2 saturated heterocycles. The van der Waals surface area contributed by atoms with Crippen molar-refractivity contribution < 1.29 is 27.8 Å². The van der Waals surface area contributed by atoms with Crippen molar-refractivity contribution in [3.8, 4) is 11.8 Å². The monoisotopic (exact) mass is 758 g/mol. The van der Waals surface area contributed by atoms with Gasteiger partial charge in [-0.2, -0.15) is 15.1 Å². The first kappa shape index (κ1) is 37.4. The van der Waals surface area contributed by atoms with Crippen LogP contribution < -0.4 is 24.2 Å². The number of carbonyl (C=O) groups excluding carboxylic acids is 1. The van der Waals surface area contributed by atoms with E-state index < -0.39 is 6.17 Å². The Morgan fingerprint density at radius 2 is 1.91 bits per heavy atom. The SMILES string of the molecule is CCc1c(F)ccc2cc(OCOC)cc(N3CCc4c(nc(OC[C@@]56CCCN5C[C@H](F)C6)nc4N4CCCn5nc(N(C)C(=O)C(C)C)cc5C4)C3)c12. The summed E-state index contributed by atoms with van der Waals surface area (Å²) in [5.41, 5.74) is 4.07. The molecule has 0 spiro atoms. The molecular formula is C41H52F2N8O4. The highest BCUT2D eigenvalue weighted by Crippen LogP contribution is 2.42. The lowest BCUT2D eigenvalue weighted by Gasteiger charge is -2.35. The van der Waals surface area contributed by atoms with Crippen molar-refractivity contribution in [2.45, 2.75) is 90.6 Å². The third kappa shape index (κ3) is 7.07. The molecule has 1 amide bonds. The molecule has 2 fully saturated rings. The number of fused-ring (bicyclic) bond motifs is 4. The number of carbonyl (C=O) groups is 1. The Morgan fingerprint density at radius 1 is 1.05 bits per heavy atom. The number of methoxy groups -OCH3 is 1. The van der Waals surface area contributed by atoms with Crippen LogP contribution in [0.15, 0.2) is 30.3 Å². The quantitative estimate of drug-likeness (QED) is 0.168. The maximum absolute atomic E-state index is 15.3. The van der Waals surface area contributed by atoms with Crippen molar-refractivity contribution in [3.63, 3.8) is 0 Å². The van der Waals surface area contributed by atoms with E-state index in [2.05, 4.69) is 14.7 Å². The molecule has 4 aromatic rings. The van der Waals surface area contributed by atoms with Crippen LogP contribution >= 0.6 is 0 Å². The molecule has 12 nitrogen and oxygen atoms in total. The summed E-state index contributed by atoms with van der Waals surface area (Å²) in [5, 5.41) is 6.58. The van der Waals surface area contributed by atoms with Crippen LogP contribution in [0, 0.1) is 11.7 Å². The number of nitrogens with zero attached hydrogens (tertiary/aromatic N) is 8. The van der Waals surface area contributed by atoms with Gasteiger partial charge in [0.25, 0.3) is 0 Å². The standard InChI is InChI=1S/C41H52F2N8O4/c1-6-31-33(43)10-9-27-17-30(55-25-53-5)19-35(37(27)31)48-16-11-32-34(23-48)44-40(54-24-41-12-7-14-50(41)21-28(42)20-41)45-38(32)49-13-8-15-51-29(22-49)18-36(46-51)47(4)39(52)26(2)3/h9-10,17-19,26,28H,6-8,11-16,20-25H2,1-5H3/t28-,41+/m1/s1. The molecule has 0 bridgehead atoms. The van der Waals surface area contributed by atoms with Gasteiger partial charge in [0.05, 0.1) is 30.0 Å². The Labute approximate surface area is 321 Å². The fraction of sp³-hybridized carbons (Fsp3) is 0.561. The van der Waals surface area contributed by atoms with Crippen LogP contribution in [-0.4, -0.2) is 96.0 Å². The molecule has 0 aliphatic carbocycles. The third-order valence-corrected chi connectivity index (χ3v) is 11.9. The topological polar surface area (TPSA) is 101 Å². The minimum Gasteiger partial charge on any atom is -0.467 e. The number of hydrogen-bond acceptors (Lipinski definition) is 10. The summed E-state index contributed by atoms with van der Waals surface area (Å²) in [6.07, 6.45) is 3.51. The van der Waals surface area contributed by atoms with Gasteiger partial charge in [-0.1, -0.05) is 26.8 Å². The lowest BCUT2D eigenvalue weighted by Crippen LogP contribution is -2.43. The lowest BCUT2D eigenvalue weighted by atomic mass is 9.95. The maximum Gasteiger partial charge on any atom is 0.318 e. The minimum atomic E-state index is -0.865. The number of alkyl halides is 1. The average Bonchev–Trinajstić information content (AvgIpc) is 3.81. The van der Waals surface area contributed by atoms with Gasteiger partial charge in [0.1, 0.15) is 30.2 Å². The molecule has 0 saturated carbocycles. The van der Waals surface area contributed by atoms with Gasteiger partial charge >= 0.3 is 6.01 Å². The van der Waals surface area contributed by atoms with Gasteiger partial charge in [-0.3, -0.25) is 19.3 Å². The molecule has 0 N–H and O–H groups in total. The second-order valence-corrected chi connectivity index (χ2v) is 15.8. The van der Waals surface area contributed by atoms with Crippen molar-refractivity contribution in [1.29, 1.82) is 0 Å². The Kier molecular flexibility index (Phi) is 10.3. The summed E-state index contributed by atoms with van der Waals surface area (Å²) in [4.78, 5) is 31.5. The smallest absolute Gasteiger partial charge is 0.318 e. The van der Waals surface area contributed by atoms with Gasteiger partial charge in [0.15, 0.2) is 12.6 Å². The summed E-state index contributed by atoms with van der Waals surface area (Å²) in [7, 11) is 3.36. The number of amides is 1. The number of benzene rings is 2. The number of rotatable bonds is 11. The van der Waals surface area contributed by atoms with Crippen molar-refractivity contribution in [2.75, 3.05) is 68.4 Å². The van der Waals surface area contributed by atoms with Crippen molar-refractivity contribution in [1.82, 2.24) is 24.6 Å². The van der Waals surface area contributed by atoms with Gasteiger partial charge in [0.2, 0.25) is 5.91 Å². The van der Waals surface area contributed by atoms with E-state index in [9.17, 15) is 9.18 Å². The van der Waals surface area contributed by atoms with E-state index in [-0.39, 0.29) is 36.0 Å². The number of halogens is 2. The van der Waals surface area contributed by atoms with Gasteiger partial charge in [-0.25, -0.2) is 8.78 Å². The van der Waals surface area contributed by atoms with Gasteiger partial charge in [-0.05, 0) is 61.7 Å². The molecule has 0 radical (unpaired) electrons. The number of anilines is 3. The first-order chi connectivity index (χ1) is 26.6. The fourth-order valence-corrected chi connectivity index (χ4v) is 9.13. The molecule has 294 valence electrons. The molecular weight excluding hydrogens is 706 g/mol. The van der Waals surface area contributed by atoms with Crippen LogP contribution in [0.1, 0.15) is 69.0 Å². The van der Waals surface area contributed by atoms with E-state index in [0.717, 1.165) is 71.6 Å². The first-order valence-corrected chi connectivity index (χ1v) is 19.7. The highest BCUT2D eigenvalue weighted by molar-refractivity contribution is 5.98. The summed E-state index contributed by atoms with van der Waals surface area (Å²) >= 11 is 0. The lowest BCUT2D eigenvalue weighted by molar-refractivity contribution is -0.121. The number of aromatic nitrogens is 4. The highest BCUT2D eigenvalue weighted by Gasteiger charge is 2.49. The normalized spacial score (nSPS) is 21.1. The minimum absolute atomic E-state index is 0.0142.